The predicted molar refractivity (Wildman–Crippen MR) is 93.1 cm³/mol. The number of anilines is 1. The van der Waals surface area contributed by atoms with Crippen LogP contribution in [0.1, 0.15) is 24.2 Å². The van der Waals surface area contributed by atoms with E-state index in [1.807, 2.05) is 6.08 Å². The fraction of sp³-hybridized carbons (Fsp3) is 0.353. The smallest absolute Gasteiger partial charge is 0.307 e. The zero-order valence-corrected chi connectivity index (χ0v) is 14.4. The average molecular weight is 357 g/mol. The lowest BCUT2D eigenvalue weighted by atomic mass is 9.82. The minimum absolute atomic E-state index is 0.178. The van der Waals surface area contributed by atoms with E-state index >= 15 is 0 Å². The van der Waals surface area contributed by atoms with E-state index < -0.39 is 23.7 Å². The molecule has 1 aliphatic carbocycles. The number of aromatic nitrogens is 4. The Kier molecular flexibility index (Phi) is 4.70. The zero-order chi connectivity index (χ0) is 18.8. The van der Waals surface area contributed by atoms with Gasteiger partial charge < -0.3 is 10.4 Å². The minimum Gasteiger partial charge on any atom is -0.481 e. The van der Waals surface area contributed by atoms with Crippen LogP contribution in [0, 0.1) is 25.7 Å². The van der Waals surface area contributed by atoms with Gasteiger partial charge in [0.2, 0.25) is 11.9 Å². The Morgan fingerprint density at radius 1 is 1.19 bits per heavy atom. The molecule has 3 rings (SSSR count). The summed E-state index contributed by atoms with van der Waals surface area (Å²) in [5.74, 6) is -2.35. The summed E-state index contributed by atoms with van der Waals surface area (Å²) in [5.41, 5.74) is 0.793. The number of carboxylic acid groups (broad SMARTS) is 1. The summed E-state index contributed by atoms with van der Waals surface area (Å²) in [6.07, 6.45) is 4.26. The van der Waals surface area contributed by atoms with E-state index in [2.05, 4.69) is 20.4 Å². The van der Waals surface area contributed by atoms with Crippen molar-refractivity contribution >= 4 is 17.7 Å². The molecule has 0 fully saturated rings. The van der Waals surface area contributed by atoms with Crippen molar-refractivity contribution in [2.24, 2.45) is 11.8 Å². The molecule has 2 heterocycles. The van der Waals surface area contributed by atoms with Gasteiger partial charge in [0.1, 0.15) is 5.82 Å². The van der Waals surface area contributed by atoms with Gasteiger partial charge in [-0.05, 0) is 26.7 Å². The van der Waals surface area contributed by atoms with Crippen LogP contribution < -0.4 is 10.9 Å². The number of aryl methyl sites for hydroxylation is 2. The summed E-state index contributed by atoms with van der Waals surface area (Å²) in [6, 6.07) is 2.98. The van der Waals surface area contributed by atoms with Crippen LogP contribution in [0.5, 0.6) is 0 Å². The summed E-state index contributed by atoms with van der Waals surface area (Å²) >= 11 is 0. The maximum atomic E-state index is 12.7. The molecule has 2 atom stereocenters. The molecule has 0 unspecified atom stereocenters. The van der Waals surface area contributed by atoms with Gasteiger partial charge in [-0.15, -0.1) is 0 Å². The fourth-order valence-electron chi connectivity index (χ4n) is 3.01. The first-order valence-corrected chi connectivity index (χ1v) is 8.19. The third kappa shape index (κ3) is 3.56. The maximum Gasteiger partial charge on any atom is 0.307 e. The van der Waals surface area contributed by atoms with E-state index in [0.717, 1.165) is 0 Å². The molecule has 136 valence electrons. The van der Waals surface area contributed by atoms with Gasteiger partial charge in [0.25, 0.3) is 5.56 Å². The Hall–Kier alpha value is -3.23. The summed E-state index contributed by atoms with van der Waals surface area (Å²) < 4.78 is 1.33. The second-order valence-corrected chi connectivity index (χ2v) is 6.28. The number of nitrogens with one attached hydrogen (secondary N) is 2. The third-order valence-corrected chi connectivity index (χ3v) is 4.23. The Balaban J connectivity index is 1.91. The molecule has 0 saturated heterocycles. The molecule has 0 bridgehead atoms. The first-order valence-electron chi connectivity index (χ1n) is 8.19. The van der Waals surface area contributed by atoms with Crippen molar-refractivity contribution in [3.8, 4) is 5.95 Å². The normalized spacial score (nSPS) is 19.3. The molecule has 26 heavy (non-hydrogen) atoms. The number of hydrogen-bond acceptors (Lipinski definition) is 5. The van der Waals surface area contributed by atoms with Gasteiger partial charge >= 0.3 is 5.97 Å². The van der Waals surface area contributed by atoms with E-state index in [4.69, 9.17) is 0 Å². The Labute approximate surface area is 148 Å². The fourth-order valence-corrected chi connectivity index (χ4v) is 3.01. The van der Waals surface area contributed by atoms with Crippen LogP contribution in [0.3, 0.4) is 0 Å². The second kappa shape index (κ2) is 6.95. The largest absolute Gasteiger partial charge is 0.481 e. The first-order chi connectivity index (χ1) is 12.3. The highest BCUT2D eigenvalue weighted by Gasteiger charge is 2.34. The van der Waals surface area contributed by atoms with Crippen molar-refractivity contribution in [2.45, 2.75) is 26.7 Å². The quantitative estimate of drug-likeness (QED) is 0.705. The Morgan fingerprint density at radius 3 is 2.54 bits per heavy atom. The molecule has 2 aromatic rings. The zero-order valence-electron chi connectivity index (χ0n) is 14.4. The Bertz CT molecular complexity index is 943. The third-order valence-electron chi connectivity index (χ3n) is 4.23. The number of amides is 1. The van der Waals surface area contributed by atoms with Crippen LogP contribution in [-0.4, -0.2) is 36.7 Å². The van der Waals surface area contributed by atoms with Gasteiger partial charge in [-0.3, -0.25) is 19.4 Å². The van der Waals surface area contributed by atoms with Gasteiger partial charge in [0.15, 0.2) is 0 Å². The number of H-pyrrole nitrogens is 1. The van der Waals surface area contributed by atoms with Crippen LogP contribution >= 0.6 is 0 Å². The highest BCUT2D eigenvalue weighted by molar-refractivity contribution is 5.95. The van der Waals surface area contributed by atoms with Crippen molar-refractivity contribution in [1.29, 1.82) is 0 Å². The first kappa shape index (κ1) is 17.6. The summed E-state index contributed by atoms with van der Waals surface area (Å²) in [6.45, 7) is 3.42. The molecule has 3 N–H and O–H groups in total. The SMILES string of the molecule is Cc1cc(=O)[nH]c(-n2nc(C)cc2NC(=O)[C@H]2CC=CC[C@@H]2C(=O)O)n1. The second-order valence-electron chi connectivity index (χ2n) is 6.28. The number of carboxylic acids is 1. The van der Waals surface area contributed by atoms with Crippen molar-refractivity contribution in [2.75, 3.05) is 5.32 Å². The summed E-state index contributed by atoms with van der Waals surface area (Å²) in [4.78, 5) is 42.6. The molecule has 0 radical (unpaired) electrons. The van der Waals surface area contributed by atoms with Crippen LogP contribution in [0.4, 0.5) is 5.82 Å². The van der Waals surface area contributed by atoms with Crippen molar-refractivity contribution in [3.63, 3.8) is 0 Å². The molecule has 9 heteroatoms. The molecule has 0 aliphatic heterocycles. The molecule has 1 aliphatic rings. The van der Waals surface area contributed by atoms with Crippen LogP contribution in [0.15, 0.2) is 29.1 Å². The average Bonchev–Trinajstić information content (AvgIpc) is 2.94. The topological polar surface area (TPSA) is 130 Å². The van der Waals surface area contributed by atoms with E-state index in [0.29, 0.717) is 30.0 Å². The molecule has 0 aromatic carbocycles. The van der Waals surface area contributed by atoms with Crippen molar-refractivity contribution in [3.05, 3.63) is 46.0 Å². The van der Waals surface area contributed by atoms with E-state index in [1.165, 1.54) is 10.7 Å². The van der Waals surface area contributed by atoms with Gasteiger partial charge in [-0.2, -0.15) is 9.78 Å². The van der Waals surface area contributed by atoms with E-state index in [-0.39, 0.29) is 11.5 Å². The van der Waals surface area contributed by atoms with E-state index in [1.54, 1.807) is 26.0 Å². The van der Waals surface area contributed by atoms with Gasteiger partial charge in [0, 0.05) is 17.8 Å². The predicted octanol–water partition coefficient (Wildman–Crippen LogP) is 1.18. The van der Waals surface area contributed by atoms with E-state index in [9.17, 15) is 19.5 Å². The lowest BCUT2D eigenvalue weighted by molar-refractivity contribution is -0.146. The van der Waals surface area contributed by atoms with Crippen LogP contribution in [-0.2, 0) is 9.59 Å². The van der Waals surface area contributed by atoms with Gasteiger partial charge in [-0.25, -0.2) is 4.98 Å². The minimum atomic E-state index is -0.996. The lowest BCUT2D eigenvalue weighted by Gasteiger charge is -2.24. The molecule has 0 spiro atoms. The van der Waals surface area contributed by atoms with Crippen LogP contribution in [0.25, 0.3) is 5.95 Å². The highest BCUT2D eigenvalue weighted by atomic mass is 16.4. The van der Waals surface area contributed by atoms with Gasteiger partial charge in [-0.1, -0.05) is 12.2 Å². The molecular formula is C17H19N5O4. The molecule has 0 saturated carbocycles. The molecule has 2 aromatic heterocycles. The number of carbonyl (C=O) groups is 2. The van der Waals surface area contributed by atoms with Gasteiger partial charge in [0.05, 0.1) is 17.5 Å². The lowest BCUT2D eigenvalue weighted by Crippen LogP contribution is -2.35. The molecular weight excluding hydrogens is 338 g/mol. The molecule has 1 amide bonds. The number of nitrogens with zero attached hydrogens (tertiary/aromatic N) is 3. The number of rotatable bonds is 4. The maximum absolute atomic E-state index is 12.7. The Morgan fingerprint density at radius 2 is 1.88 bits per heavy atom. The standard InChI is InChI=1S/C17H19N5O4/c1-9-8-14(23)20-17(18-9)22-13(7-10(2)21-22)19-15(24)11-5-3-4-6-12(11)16(25)26/h3-4,7-8,11-12H,5-6H2,1-2H3,(H,19,24)(H,25,26)(H,18,20,23)/t11-,12-/m0/s1. The number of allylic oxidation sites excluding steroid dienone is 2. The summed E-state index contributed by atoms with van der Waals surface area (Å²) in [7, 11) is 0. The van der Waals surface area contributed by atoms with Crippen molar-refractivity contribution in [1.82, 2.24) is 19.7 Å². The number of aliphatic carboxylic acids is 1. The highest BCUT2D eigenvalue weighted by Crippen LogP contribution is 2.27. The summed E-state index contributed by atoms with van der Waals surface area (Å²) in [5, 5.41) is 16.3. The number of aromatic amines is 1. The number of carbonyl (C=O) groups excluding carboxylic acids is 1. The van der Waals surface area contributed by atoms with Crippen molar-refractivity contribution < 1.29 is 14.7 Å². The molecule has 9 nitrogen and oxygen atoms in total. The monoisotopic (exact) mass is 357 g/mol. The number of hydrogen-bond donors (Lipinski definition) is 3. The van der Waals surface area contributed by atoms with Crippen LogP contribution in [0.2, 0.25) is 0 Å².